The number of ether oxygens (including phenoxy) is 1. The molecule has 1 N–H and O–H groups in total. The Bertz CT molecular complexity index is 793. The van der Waals surface area contributed by atoms with Crippen molar-refractivity contribution in [3.8, 4) is 0 Å². The monoisotopic (exact) mass is 379 g/mol. The molecule has 0 heterocycles. The second-order valence-corrected chi connectivity index (χ2v) is 6.20. The second kappa shape index (κ2) is 9.25. The van der Waals surface area contributed by atoms with E-state index in [2.05, 4.69) is 5.32 Å². The highest BCUT2D eigenvalue weighted by Gasteiger charge is 2.09. The molecule has 0 spiro atoms. The molecule has 0 unspecified atom stereocenters. The second-order valence-electron chi connectivity index (χ2n) is 4.89. The maximum atomic E-state index is 13.6. The first-order valence-electron chi connectivity index (χ1n) is 7.22. The van der Waals surface area contributed by atoms with Crippen LogP contribution in [0.5, 0.6) is 0 Å². The summed E-state index contributed by atoms with van der Waals surface area (Å²) in [6, 6.07) is 11.5. The minimum absolute atomic E-state index is 0.0325. The molecule has 0 aromatic heterocycles. The van der Waals surface area contributed by atoms with Crippen molar-refractivity contribution in [2.75, 3.05) is 18.2 Å². The van der Waals surface area contributed by atoms with Crippen LogP contribution in [0.3, 0.4) is 0 Å². The van der Waals surface area contributed by atoms with Gasteiger partial charge in [-0.2, -0.15) is 0 Å². The molecule has 0 bridgehead atoms. The molecule has 1 amide bonds. The zero-order chi connectivity index (χ0) is 18.2. The molecule has 7 heteroatoms. The minimum atomic E-state index is -0.666. The number of carbonyl (C=O) groups is 2. The Balaban J connectivity index is 1.82. The summed E-state index contributed by atoms with van der Waals surface area (Å²) in [4.78, 5) is 24.4. The molecule has 0 saturated heterocycles. The van der Waals surface area contributed by atoms with Gasteiger partial charge in [-0.1, -0.05) is 23.7 Å². The number of benzene rings is 2. The van der Waals surface area contributed by atoms with E-state index in [4.69, 9.17) is 16.3 Å². The molecule has 130 valence electrons. The lowest BCUT2D eigenvalue weighted by molar-refractivity contribution is -0.142. The average molecular weight is 380 g/mol. The smallest absolute Gasteiger partial charge is 0.331 e. The number of rotatable bonds is 6. The lowest BCUT2D eigenvalue weighted by Gasteiger charge is -2.06. The Morgan fingerprint density at radius 2 is 1.96 bits per heavy atom. The van der Waals surface area contributed by atoms with E-state index in [1.165, 1.54) is 18.2 Å². The van der Waals surface area contributed by atoms with E-state index < -0.39 is 24.3 Å². The fourth-order valence-electron chi connectivity index (χ4n) is 1.84. The zero-order valence-corrected chi connectivity index (χ0v) is 14.9. The number of halogens is 2. The van der Waals surface area contributed by atoms with Crippen LogP contribution in [0.15, 0.2) is 53.4 Å². The number of hydrogen-bond donors (Lipinski definition) is 1. The summed E-state index contributed by atoms with van der Waals surface area (Å²) in [5.41, 5.74) is 0.803. The standard InChI is InChI=1S/C18H15ClFNO3S/c1-25-14-6-2-12(3-7-14)4-9-18(23)24-11-17(22)21-16-8-5-13(19)10-15(16)20/h2-10H,11H2,1H3,(H,21,22)/b9-4+. The molecule has 2 aromatic rings. The van der Waals surface area contributed by atoms with Crippen molar-refractivity contribution in [2.45, 2.75) is 4.90 Å². The summed E-state index contributed by atoms with van der Waals surface area (Å²) in [6.45, 7) is -0.517. The first-order valence-corrected chi connectivity index (χ1v) is 8.82. The maximum absolute atomic E-state index is 13.6. The molecule has 0 atom stereocenters. The maximum Gasteiger partial charge on any atom is 0.331 e. The molecule has 2 aromatic carbocycles. The number of carbonyl (C=O) groups excluding carboxylic acids is 2. The molecule has 0 saturated carbocycles. The van der Waals surface area contributed by atoms with Gasteiger partial charge in [-0.15, -0.1) is 11.8 Å². The topological polar surface area (TPSA) is 55.4 Å². The predicted octanol–water partition coefficient (Wildman–Crippen LogP) is 4.40. The molecular weight excluding hydrogens is 365 g/mol. The van der Waals surface area contributed by atoms with Crippen molar-refractivity contribution >= 4 is 47.0 Å². The summed E-state index contributed by atoms with van der Waals surface area (Å²) >= 11 is 7.25. The quantitative estimate of drug-likeness (QED) is 0.459. The van der Waals surface area contributed by atoms with Crippen molar-refractivity contribution in [2.24, 2.45) is 0 Å². The van der Waals surface area contributed by atoms with Gasteiger partial charge in [0.25, 0.3) is 5.91 Å². The van der Waals surface area contributed by atoms with Gasteiger partial charge < -0.3 is 10.1 Å². The fourth-order valence-corrected chi connectivity index (χ4v) is 2.41. The van der Waals surface area contributed by atoms with E-state index in [0.29, 0.717) is 0 Å². The van der Waals surface area contributed by atoms with Crippen molar-refractivity contribution in [3.63, 3.8) is 0 Å². The summed E-state index contributed by atoms with van der Waals surface area (Å²) in [5.74, 6) is -1.98. The number of esters is 1. The molecule has 0 radical (unpaired) electrons. The van der Waals surface area contributed by atoms with Gasteiger partial charge in [0.15, 0.2) is 6.61 Å². The van der Waals surface area contributed by atoms with Crippen LogP contribution in [0.2, 0.25) is 5.02 Å². The van der Waals surface area contributed by atoms with E-state index in [1.807, 2.05) is 30.5 Å². The summed E-state index contributed by atoms with van der Waals surface area (Å²) in [5, 5.41) is 2.52. The fraction of sp³-hybridized carbons (Fsp3) is 0.111. The highest BCUT2D eigenvalue weighted by molar-refractivity contribution is 7.98. The third kappa shape index (κ3) is 6.25. The van der Waals surface area contributed by atoms with E-state index in [9.17, 15) is 14.0 Å². The van der Waals surface area contributed by atoms with E-state index in [0.717, 1.165) is 16.5 Å². The van der Waals surface area contributed by atoms with E-state index >= 15 is 0 Å². The van der Waals surface area contributed by atoms with Crippen LogP contribution in [0.1, 0.15) is 5.56 Å². The molecule has 0 aliphatic heterocycles. The normalized spacial score (nSPS) is 10.7. The summed E-state index contributed by atoms with van der Waals surface area (Å²) in [6.07, 6.45) is 4.79. The van der Waals surface area contributed by atoms with Crippen LogP contribution in [0, 0.1) is 5.82 Å². The zero-order valence-electron chi connectivity index (χ0n) is 13.3. The lowest BCUT2D eigenvalue weighted by Crippen LogP contribution is -2.20. The van der Waals surface area contributed by atoms with Crippen LogP contribution in [-0.2, 0) is 14.3 Å². The third-order valence-electron chi connectivity index (χ3n) is 3.08. The van der Waals surface area contributed by atoms with Gasteiger partial charge in [-0.25, -0.2) is 9.18 Å². The Kier molecular flexibility index (Phi) is 7.03. The molecule has 0 aliphatic carbocycles. The number of hydrogen-bond acceptors (Lipinski definition) is 4. The molecule has 4 nitrogen and oxygen atoms in total. The Labute approximate surface area is 154 Å². The van der Waals surface area contributed by atoms with Gasteiger partial charge in [-0.05, 0) is 48.2 Å². The summed E-state index contributed by atoms with van der Waals surface area (Å²) < 4.78 is 18.4. The van der Waals surface area contributed by atoms with Crippen LogP contribution < -0.4 is 5.32 Å². The van der Waals surface area contributed by atoms with Crippen LogP contribution in [0.4, 0.5) is 10.1 Å². The van der Waals surface area contributed by atoms with Crippen LogP contribution in [0.25, 0.3) is 6.08 Å². The highest BCUT2D eigenvalue weighted by Crippen LogP contribution is 2.18. The molecular formula is C18H15ClFNO3S. The summed E-state index contributed by atoms with van der Waals surface area (Å²) in [7, 11) is 0. The van der Waals surface area contributed by atoms with Crippen LogP contribution >= 0.6 is 23.4 Å². The van der Waals surface area contributed by atoms with Crippen molar-refractivity contribution in [1.82, 2.24) is 0 Å². The van der Waals surface area contributed by atoms with Gasteiger partial charge in [0, 0.05) is 16.0 Å². The number of thioether (sulfide) groups is 1. The van der Waals surface area contributed by atoms with Gasteiger partial charge in [0.05, 0.1) is 5.69 Å². The van der Waals surface area contributed by atoms with Crippen molar-refractivity contribution < 1.29 is 18.7 Å². The van der Waals surface area contributed by atoms with E-state index in [-0.39, 0.29) is 10.7 Å². The Morgan fingerprint density at radius 1 is 1.24 bits per heavy atom. The largest absolute Gasteiger partial charge is 0.452 e. The Morgan fingerprint density at radius 3 is 2.60 bits per heavy atom. The molecule has 2 rings (SSSR count). The van der Waals surface area contributed by atoms with Crippen LogP contribution in [-0.4, -0.2) is 24.7 Å². The highest BCUT2D eigenvalue weighted by atomic mass is 35.5. The minimum Gasteiger partial charge on any atom is -0.452 e. The first-order chi connectivity index (χ1) is 12.0. The number of anilines is 1. The van der Waals surface area contributed by atoms with Gasteiger partial charge >= 0.3 is 5.97 Å². The molecule has 0 fully saturated rings. The molecule has 0 aliphatic rings. The van der Waals surface area contributed by atoms with Crippen molar-refractivity contribution in [1.29, 1.82) is 0 Å². The van der Waals surface area contributed by atoms with Crippen molar-refractivity contribution in [3.05, 3.63) is 64.9 Å². The van der Waals surface area contributed by atoms with Gasteiger partial charge in [-0.3, -0.25) is 4.79 Å². The average Bonchev–Trinajstić information content (AvgIpc) is 2.61. The third-order valence-corrected chi connectivity index (χ3v) is 4.06. The van der Waals surface area contributed by atoms with Gasteiger partial charge in [0.2, 0.25) is 0 Å². The number of amides is 1. The first kappa shape index (κ1) is 19.0. The predicted molar refractivity (Wildman–Crippen MR) is 98.3 cm³/mol. The van der Waals surface area contributed by atoms with Gasteiger partial charge in [0.1, 0.15) is 5.82 Å². The molecule has 25 heavy (non-hydrogen) atoms. The Hall–Kier alpha value is -2.31. The number of nitrogens with one attached hydrogen (secondary N) is 1. The SMILES string of the molecule is CSc1ccc(/C=C/C(=O)OCC(=O)Nc2ccc(Cl)cc2F)cc1. The lowest BCUT2D eigenvalue weighted by atomic mass is 10.2. The van der Waals surface area contributed by atoms with E-state index in [1.54, 1.807) is 17.8 Å².